The van der Waals surface area contributed by atoms with Crippen molar-refractivity contribution in [1.29, 1.82) is 0 Å². The molecule has 0 unspecified atom stereocenters. The van der Waals surface area contributed by atoms with E-state index in [0.29, 0.717) is 0 Å². The van der Waals surface area contributed by atoms with Crippen molar-refractivity contribution >= 4 is 22.9 Å². The zero-order chi connectivity index (χ0) is 16.9. The minimum atomic E-state index is -0.401. The zero-order valence-corrected chi connectivity index (χ0v) is 13.9. The molecule has 0 radical (unpaired) electrons. The third-order valence-electron chi connectivity index (χ3n) is 3.28. The quantitative estimate of drug-likeness (QED) is 0.537. The van der Waals surface area contributed by atoms with E-state index in [2.05, 4.69) is 15.0 Å². The Bertz CT molecular complexity index is 876. The number of allylic oxidation sites excluding steroid dienone is 1. The molecule has 0 N–H and O–H groups in total. The number of pyridine rings is 1. The van der Waals surface area contributed by atoms with E-state index in [1.165, 1.54) is 30.8 Å². The summed E-state index contributed by atoms with van der Waals surface area (Å²) in [6.07, 6.45) is 9.77. The van der Waals surface area contributed by atoms with E-state index in [-0.39, 0.29) is 0 Å². The molecule has 0 aliphatic rings. The SMILES string of the molecule is COC(=O)/C=C(\C)c1sc(-c2ccncc2)nc1-c1cncnc1. The maximum Gasteiger partial charge on any atom is 0.330 e. The van der Waals surface area contributed by atoms with Crippen LogP contribution >= 0.6 is 11.3 Å². The standard InChI is InChI=1S/C17H14N4O2S/c1-11(7-14(22)23-2)16-15(13-8-19-10-20-9-13)21-17(24-16)12-3-5-18-6-4-12/h3-10H,1-2H3/b11-7+. The molecule has 0 bridgehead atoms. The number of carbonyl (C=O) groups is 1. The van der Waals surface area contributed by atoms with Gasteiger partial charge in [0.05, 0.1) is 17.7 Å². The van der Waals surface area contributed by atoms with Crippen molar-refractivity contribution in [2.75, 3.05) is 7.11 Å². The van der Waals surface area contributed by atoms with Crippen molar-refractivity contribution in [1.82, 2.24) is 19.9 Å². The minimum Gasteiger partial charge on any atom is -0.466 e. The molecule has 7 heteroatoms. The van der Waals surface area contributed by atoms with Gasteiger partial charge in [0.1, 0.15) is 11.3 Å². The molecule has 0 aromatic carbocycles. The number of methoxy groups -OCH3 is 1. The predicted octanol–water partition coefficient (Wildman–Crippen LogP) is 3.24. The van der Waals surface area contributed by atoms with E-state index in [4.69, 9.17) is 9.72 Å². The first-order valence-corrected chi connectivity index (χ1v) is 7.94. The molecular formula is C17H14N4O2S. The van der Waals surface area contributed by atoms with Crippen LogP contribution in [0.4, 0.5) is 0 Å². The summed E-state index contributed by atoms with van der Waals surface area (Å²) < 4.78 is 4.72. The molecule has 0 saturated heterocycles. The van der Waals surface area contributed by atoms with Gasteiger partial charge in [0.2, 0.25) is 0 Å². The van der Waals surface area contributed by atoms with Crippen molar-refractivity contribution in [3.05, 3.63) is 54.2 Å². The van der Waals surface area contributed by atoms with Gasteiger partial charge in [0, 0.05) is 42.0 Å². The van der Waals surface area contributed by atoms with Gasteiger partial charge >= 0.3 is 5.97 Å². The highest BCUT2D eigenvalue weighted by Gasteiger charge is 2.17. The number of ether oxygens (including phenoxy) is 1. The highest BCUT2D eigenvalue weighted by molar-refractivity contribution is 7.16. The summed E-state index contributed by atoms with van der Waals surface area (Å²) in [5.74, 6) is -0.401. The van der Waals surface area contributed by atoms with Crippen LogP contribution in [-0.4, -0.2) is 33.0 Å². The second-order valence-corrected chi connectivity index (χ2v) is 5.91. The molecule has 3 heterocycles. The fourth-order valence-electron chi connectivity index (χ4n) is 2.12. The number of nitrogens with zero attached hydrogens (tertiary/aromatic N) is 4. The first kappa shape index (κ1) is 15.9. The lowest BCUT2D eigenvalue weighted by Crippen LogP contribution is -1.95. The van der Waals surface area contributed by atoms with Crippen molar-refractivity contribution in [3.8, 4) is 21.8 Å². The molecule has 3 aromatic rings. The Morgan fingerprint density at radius 2 is 1.83 bits per heavy atom. The van der Waals surface area contributed by atoms with Crippen LogP contribution in [0.3, 0.4) is 0 Å². The molecule has 0 aliphatic carbocycles. The molecule has 3 aromatic heterocycles. The Morgan fingerprint density at radius 1 is 1.12 bits per heavy atom. The van der Waals surface area contributed by atoms with Gasteiger partial charge in [-0.3, -0.25) is 4.98 Å². The maximum atomic E-state index is 11.6. The van der Waals surface area contributed by atoms with E-state index in [1.54, 1.807) is 24.8 Å². The monoisotopic (exact) mass is 338 g/mol. The summed E-state index contributed by atoms with van der Waals surface area (Å²) >= 11 is 1.50. The number of hydrogen-bond acceptors (Lipinski definition) is 7. The zero-order valence-electron chi connectivity index (χ0n) is 13.1. The van der Waals surface area contributed by atoms with Crippen molar-refractivity contribution < 1.29 is 9.53 Å². The van der Waals surface area contributed by atoms with Crippen molar-refractivity contribution in [3.63, 3.8) is 0 Å². The van der Waals surface area contributed by atoms with Gasteiger partial charge in [-0.15, -0.1) is 11.3 Å². The third kappa shape index (κ3) is 3.36. The van der Waals surface area contributed by atoms with Gasteiger partial charge in [-0.1, -0.05) is 0 Å². The van der Waals surface area contributed by atoms with Crippen LogP contribution in [0.25, 0.3) is 27.4 Å². The topological polar surface area (TPSA) is 77.9 Å². The second-order valence-electron chi connectivity index (χ2n) is 4.91. The highest BCUT2D eigenvalue weighted by Crippen LogP contribution is 2.37. The van der Waals surface area contributed by atoms with Gasteiger partial charge in [-0.2, -0.15) is 0 Å². The predicted molar refractivity (Wildman–Crippen MR) is 92.0 cm³/mol. The molecule has 0 fully saturated rings. The van der Waals surface area contributed by atoms with Crippen molar-refractivity contribution in [2.45, 2.75) is 6.92 Å². The van der Waals surface area contributed by atoms with E-state index in [0.717, 1.165) is 32.3 Å². The number of hydrogen-bond donors (Lipinski definition) is 0. The molecule has 3 rings (SSSR count). The van der Waals surface area contributed by atoms with Crippen LogP contribution in [0.15, 0.2) is 49.3 Å². The van der Waals surface area contributed by atoms with Crippen LogP contribution in [-0.2, 0) is 9.53 Å². The molecule has 6 nitrogen and oxygen atoms in total. The molecule has 0 amide bonds. The fourth-order valence-corrected chi connectivity index (χ4v) is 3.19. The summed E-state index contributed by atoms with van der Waals surface area (Å²) in [6, 6.07) is 3.79. The van der Waals surface area contributed by atoms with Crippen LogP contribution in [0.2, 0.25) is 0 Å². The summed E-state index contributed by atoms with van der Waals surface area (Å²) in [5, 5.41) is 0.837. The van der Waals surface area contributed by atoms with Gasteiger partial charge in [0.15, 0.2) is 0 Å². The molecular weight excluding hydrogens is 324 g/mol. The van der Waals surface area contributed by atoms with Crippen LogP contribution in [0, 0.1) is 0 Å². The average molecular weight is 338 g/mol. The molecule has 0 spiro atoms. The summed E-state index contributed by atoms with van der Waals surface area (Å²) in [5.41, 5.74) is 3.27. The molecule has 0 atom stereocenters. The largest absolute Gasteiger partial charge is 0.466 e. The van der Waals surface area contributed by atoms with E-state index in [1.807, 2.05) is 19.1 Å². The lowest BCUT2D eigenvalue weighted by molar-refractivity contribution is -0.134. The van der Waals surface area contributed by atoms with Crippen molar-refractivity contribution in [2.24, 2.45) is 0 Å². The lowest BCUT2D eigenvalue weighted by Gasteiger charge is -2.01. The molecule has 24 heavy (non-hydrogen) atoms. The smallest absolute Gasteiger partial charge is 0.330 e. The Hall–Kier alpha value is -2.93. The third-order valence-corrected chi connectivity index (χ3v) is 4.52. The van der Waals surface area contributed by atoms with E-state index < -0.39 is 5.97 Å². The number of esters is 1. The van der Waals surface area contributed by atoms with E-state index >= 15 is 0 Å². The normalized spacial score (nSPS) is 11.3. The second kappa shape index (κ2) is 7.10. The Kier molecular flexibility index (Phi) is 4.72. The summed E-state index contributed by atoms with van der Waals surface area (Å²) in [6.45, 7) is 1.86. The van der Waals surface area contributed by atoms with Gasteiger partial charge in [-0.25, -0.2) is 19.7 Å². The van der Waals surface area contributed by atoms with Gasteiger partial charge in [-0.05, 0) is 24.6 Å². The fraction of sp³-hybridized carbons (Fsp3) is 0.118. The summed E-state index contributed by atoms with van der Waals surface area (Å²) in [7, 11) is 1.35. The lowest BCUT2D eigenvalue weighted by atomic mass is 10.1. The number of carbonyl (C=O) groups excluding carboxylic acids is 1. The Labute approximate surface area is 142 Å². The average Bonchev–Trinajstić information content (AvgIpc) is 3.08. The number of aromatic nitrogens is 4. The van der Waals surface area contributed by atoms with Gasteiger partial charge < -0.3 is 4.74 Å². The first-order valence-electron chi connectivity index (χ1n) is 7.12. The van der Waals surface area contributed by atoms with E-state index in [9.17, 15) is 4.79 Å². The maximum absolute atomic E-state index is 11.6. The molecule has 120 valence electrons. The van der Waals surface area contributed by atoms with Crippen LogP contribution in [0.5, 0.6) is 0 Å². The minimum absolute atomic E-state index is 0.401. The Morgan fingerprint density at radius 3 is 2.50 bits per heavy atom. The first-order chi connectivity index (χ1) is 11.7. The molecule has 0 aliphatic heterocycles. The van der Waals surface area contributed by atoms with Crippen LogP contribution < -0.4 is 0 Å². The Balaban J connectivity index is 2.14. The molecule has 0 saturated carbocycles. The number of thiazole rings is 1. The summed E-state index contributed by atoms with van der Waals surface area (Å²) in [4.78, 5) is 29.3. The van der Waals surface area contributed by atoms with Gasteiger partial charge in [0.25, 0.3) is 0 Å². The number of rotatable bonds is 4. The van der Waals surface area contributed by atoms with Crippen LogP contribution in [0.1, 0.15) is 11.8 Å². The highest BCUT2D eigenvalue weighted by atomic mass is 32.1.